The average Bonchev–Trinajstić information content (AvgIpc) is 2.67. The molecule has 0 aliphatic heterocycles. The van der Waals surface area contributed by atoms with Crippen LogP contribution in [0.2, 0.25) is 0 Å². The first kappa shape index (κ1) is 22.4. The number of rotatable bonds is 8. The van der Waals surface area contributed by atoms with E-state index >= 15 is 0 Å². The first-order chi connectivity index (χ1) is 13.8. The van der Waals surface area contributed by atoms with Crippen LogP contribution in [-0.2, 0) is 9.59 Å². The number of amides is 2. The third-order valence-electron chi connectivity index (χ3n) is 4.15. The topological polar surface area (TPSA) is 95.5 Å². The highest BCUT2D eigenvalue weighted by Crippen LogP contribution is 2.15. The van der Waals surface area contributed by atoms with E-state index in [1.165, 1.54) is 6.08 Å². The van der Waals surface area contributed by atoms with Crippen molar-refractivity contribution in [3.8, 4) is 0 Å². The molecular weight excluding hydrogens is 436 g/mol. The summed E-state index contributed by atoms with van der Waals surface area (Å²) >= 11 is 3.37. The van der Waals surface area contributed by atoms with Gasteiger partial charge in [-0.05, 0) is 49.2 Å². The van der Waals surface area contributed by atoms with Crippen LogP contribution in [0.1, 0.15) is 41.3 Å². The third-order valence-corrected chi connectivity index (χ3v) is 4.64. The van der Waals surface area contributed by atoms with E-state index in [2.05, 4.69) is 26.6 Å². The molecule has 0 unspecified atom stereocenters. The monoisotopic (exact) mass is 458 g/mol. The van der Waals surface area contributed by atoms with E-state index in [0.717, 1.165) is 10.0 Å². The van der Waals surface area contributed by atoms with Crippen molar-refractivity contribution in [2.75, 3.05) is 0 Å². The summed E-state index contributed by atoms with van der Waals surface area (Å²) < 4.78 is 0.810. The zero-order valence-corrected chi connectivity index (χ0v) is 17.8. The highest BCUT2D eigenvalue weighted by atomic mass is 79.9. The molecule has 0 bridgehead atoms. The molecule has 7 heteroatoms. The Morgan fingerprint density at radius 1 is 1.14 bits per heavy atom. The number of halogens is 1. The molecule has 0 fully saturated rings. The molecule has 152 valence electrons. The normalized spacial score (nSPS) is 12.2. The minimum Gasteiger partial charge on any atom is -0.480 e. The van der Waals surface area contributed by atoms with Crippen LogP contribution in [0, 0.1) is 6.92 Å². The second kappa shape index (κ2) is 10.6. The molecule has 0 saturated heterocycles. The van der Waals surface area contributed by atoms with Gasteiger partial charge in [0.05, 0.1) is 0 Å². The quantitative estimate of drug-likeness (QED) is 0.522. The molecule has 2 amide bonds. The highest BCUT2D eigenvalue weighted by Gasteiger charge is 2.22. The van der Waals surface area contributed by atoms with E-state index in [-0.39, 0.29) is 12.1 Å². The predicted molar refractivity (Wildman–Crippen MR) is 115 cm³/mol. The van der Waals surface area contributed by atoms with E-state index in [0.29, 0.717) is 17.5 Å². The van der Waals surface area contributed by atoms with Crippen LogP contribution in [-0.4, -0.2) is 28.9 Å². The molecule has 6 nitrogen and oxygen atoms in total. The maximum atomic E-state index is 12.8. The van der Waals surface area contributed by atoms with Crippen LogP contribution in [0.25, 0.3) is 6.08 Å². The first-order valence-corrected chi connectivity index (χ1v) is 9.98. The van der Waals surface area contributed by atoms with Crippen molar-refractivity contribution in [2.45, 2.75) is 32.7 Å². The summed E-state index contributed by atoms with van der Waals surface area (Å²) in [7, 11) is 0. The van der Waals surface area contributed by atoms with E-state index < -0.39 is 23.8 Å². The average molecular weight is 459 g/mol. The van der Waals surface area contributed by atoms with Gasteiger partial charge in [-0.3, -0.25) is 9.59 Å². The summed E-state index contributed by atoms with van der Waals surface area (Å²) in [5.74, 6) is -2.23. The minimum absolute atomic E-state index is 0.0315. The summed E-state index contributed by atoms with van der Waals surface area (Å²) in [5.41, 5.74) is 2.05. The van der Waals surface area contributed by atoms with Gasteiger partial charge in [0.15, 0.2) is 0 Å². The lowest BCUT2D eigenvalue weighted by Gasteiger charge is -2.16. The number of carbonyl (C=O) groups excluding carboxylic acids is 2. The van der Waals surface area contributed by atoms with Gasteiger partial charge in [-0.25, -0.2) is 4.79 Å². The molecule has 0 aliphatic carbocycles. The van der Waals surface area contributed by atoms with Crippen molar-refractivity contribution >= 4 is 39.8 Å². The second-order valence-electron chi connectivity index (χ2n) is 6.59. The van der Waals surface area contributed by atoms with Gasteiger partial charge in [0, 0.05) is 10.0 Å². The number of carboxylic acid groups (broad SMARTS) is 1. The van der Waals surface area contributed by atoms with Gasteiger partial charge in [-0.2, -0.15) is 0 Å². The fourth-order valence-electron chi connectivity index (χ4n) is 2.60. The van der Waals surface area contributed by atoms with E-state index in [9.17, 15) is 19.5 Å². The van der Waals surface area contributed by atoms with Crippen molar-refractivity contribution in [1.82, 2.24) is 10.6 Å². The van der Waals surface area contributed by atoms with Gasteiger partial charge >= 0.3 is 5.97 Å². The fraction of sp³-hybridized carbons (Fsp3) is 0.227. The van der Waals surface area contributed by atoms with E-state index in [4.69, 9.17) is 0 Å². The van der Waals surface area contributed by atoms with Crippen LogP contribution in [0.5, 0.6) is 0 Å². The molecule has 2 rings (SSSR count). The molecule has 0 radical (unpaired) electrons. The molecule has 0 saturated carbocycles. The Bertz CT molecular complexity index is 923. The molecule has 0 aliphatic rings. The van der Waals surface area contributed by atoms with Crippen LogP contribution >= 0.6 is 15.9 Å². The third kappa shape index (κ3) is 6.87. The maximum absolute atomic E-state index is 12.8. The summed E-state index contributed by atoms with van der Waals surface area (Å²) in [5, 5.41) is 14.4. The van der Waals surface area contributed by atoms with Crippen LogP contribution in [0.15, 0.2) is 58.7 Å². The zero-order chi connectivity index (χ0) is 21.4. The maximum Gasteiger partial charge on any atom is 0.326 e. The predicted octanol–water partition coefficient (Wildman–Crippen LogP) is 3.90. The Morgan fingerprint density at radius 2 is 1.83 bits per heavy atom. The highest BCUT2D eigenvalue weighted by molar-refractivity contribution is 9.10. The molecule has 0 aromatic heterocycles. The van der Waals surface area contributed by atoms with Crippen molar-refractivity contribution < 1.29 is 19.5 Å². The number of benzene rings is 2. The molecule has 3 N–H and O–H groups in total. The Balaban J connectivity index is 2.32. The van der Waals surface area contributed by atoms with Gasteiger partial charge in [0.2, 0.25) is 0 Å². The number of hydrogen-bond donors (Lipinski definition) is 3. The molecule has 29 heavy (non-hydrogen) atoms. The lowest BCUT2D eigenvalue weighted by molar-refractivity contribution is -0.141. The van der Waals surface area contributed by atoms with Crippen molar-refractivity contribution in [3.05, 3.63) is 75.4 Å². The van der Waals surface area contributed by atoms with E-state index in [1.807, 2.05) is 19.9 Å². The molecule has 1 atom stereocenters. The van der Waals surface area contributed by atoms with Gasteiger partial charge in [0.25, 0.3) is 11.8 Å². The fourth-order valence-corrected chi connectivity index (χ4v) is 3.02. The lowest BCUT2D eigenvalue weighted by Crippen LogP contribution is -2.44. The standard InChI is InChI=1S/C22H23BrN2O4/c1-3-5-18(22(28)29)24-21(27)19(13-15-6-4-7-17(23)12-15)25-20(26)16-10-8-14(2)9-11-16/h4,6-13,18H,3,5H2,1-2H3,(H,24,27)(H,25,26)(H,28,29)/b19-13+/t18-/m0/s1. The first-order valence-electron chi connectivity index (χ1n) is 9.19. The van der Waals surface area contributed by atoms with Crippen LogP contribution < -0.4 is 10.6 Å². The Kier molecular flexibility index (Phi) is 8.15. The Hall–Kier alpha value is -2.93. The number of hydrogen-bond acceptors (Lipinski definition) is 3. The molecule has 2 aromatic rings. The lowest BCUT2D eigenvalue weighted by atomic mass is 10.1. The van der Waals surface area contributed by atoms with Crippen molar-refractivity contribution in [3.63, 3.8) is 0 Å². The molecule has 0 spiro atoms. The Labute approximate surface area is 178 Å². The number of carboxylic acids is 1. The van der Waals surface area contributed by atoms with Crippen LogP contribution in [0.3, 0.4) is 0 Å². The number of nitrogens with one attached hydrogen (secondary N) is 2. The van der Waals surface area contributed by atoms with E-state index in [1.54, 1.807) is 42.5 Å². The molecule has 0 heterocycles. The van der Waals surface area contributed by atoms with Crippen LogP contribution in [0.4, 0.5) is 0 Å². The summed E-state index contributed by atoms with van der Waals surface area (Å²) in [6.07, 6.45) is 2.39. The summed E-state index contributed by atoms with van der Waals surface area (Å²) in [6.45, 7) is 3.74. The number of aliphatic carboxylic acids is 1. The largest absolute Gasteiger partial charge is 0.480 e. The molecule has 2 aromatic carbocycles. The minimum atomic E-state index is -1.12. The second-order valence-corrected chi connectivity index (χ2v) is 7.50. The smallest absolute Gasteiger partial charge is 0.326 e. The van der Waals surface area contributed by atoms with Crippen molar-refractivity contribution in [2.24, 2.45) is 0 Å². The SMILES string of the molecule is CCC[C@H](NC(=O)/C(=C\c1cccc(Br)c1)NC(=O)c1ccc(C)cc1)C(=O)O. The Morgan fingerprint density at radius 3 is 2.41 bits per heavy atom. The van der Waals surface area contributed by atoms with Crippen molar-refractivity contribution in [1.29, 1.82) is 0 Å². The number of carbonyl (C=O) groups is 3. The number of aryl methyl sites for hydroxylation is 1. The molecular formula is C22H23BrN2O4. The van der Waals surface area contributed by atoms with Gasteiger partial charge in [-0.15, -0.1) is 0 Å². The summed E-state index contributed by atoms with van der Waals surface area (Å²) in [6, 6.07) is 13.1. The zero-order valence-electron chi connectivity index (χ0n) is 16.2. The van der Waals surface area contributed by atoms with Gasteiger partial charge in [0.1, 0.15) is 11.7 Å². The van der Waals surface area contributed by atoms with Gasteiger partial charge in [-0.1, -0.05) is 59.1 Å². The summed E-state index contributed by atoms with van der Waals surface area (Å²) in [4.78, 5) is 36.8. The van der Waals surface area contributed by atoms with Gasteiger partial charge < -0.3 is 15.7 Å².